The monoisotopic (exact) mass is 278 g/mol. The van der Waals surface area contributed by atoms with E-state index in [1.54, 1.807) is 0 Å². The van der Waals surface area contributed by atoms with Gasteiger partial charge in [-0.3, -0.25) is 0 Å². The van der Waals surface area contributed by atoms with E-state index in [9.17, 15) is 0 Å². The zero-order chi connectivity index (χ0) is 15.0. The molecule has 4 fully saturated rings. The van der Waals surface area contributed by atoms with Gasteiger partial charge in [0.25, 0.3) is 0 Å². The van der Waals surface area contributed by atoms with Gasteiger partial charge in [0.05, 0.1) is 20.6 Å². The van der Waals surface area contributed by atoms with Crippen molar-refractivity contribution >= 4 is 0 Å². The first-order valence-corrected chi connectivity index (χ1v) is 8.69. The second kappa shape index (κ2) is 3.83. The SMILES string of the molecule is CC(C)(C)C[N+](C)(C)C12CC3CC(C)(CC(C)(C3)C1)C2. The molecule has 0 heterocycles. The van der Waals surface area contributed by atoms with E-state index in [-0.39, 0.29) is 0 Å². The summed E-state index contributed by atoms with van der Waals surface area (Å²) in [5, 5.41) is 0. The lowest BCUT2D eigenvalue weighted by molar-refractivity contribution is -0.954. The third-order valence-electron chi connectivity index (χ3n) is 6.75. The van der Waals surface area contributed by atoms with Crippen LogP contribution in [0.1, 0.15) is 73.1 Å². The second-order valence-corrected chi connectivity index (χ2v) is 11.3. The Bertz CT molecular complexity index is 396. The van der Waals surface area contributed by atoms with Crippen LogP contribution in [0.2, 0.25) is 0 Å². The Labute approximate surface area is 126 Å². The third kappa shape index (κ3) is 2.25. The normalized spacial score (nSPS) is 47.9. The molecule has 0 amide bonds. The molecule has 0 aromatic carbocycles. The van der Waals surface area contributed by atoms with Crippen LogP contribution in [0.3, 0.4) is 0 Å². The molecule has 0 spiro atoms. The van der Waals surface area contributed by atoms with Crippen molar-refractivity contribution in [1.29, 1.82) is 0 Å². The van der Waals surface area contributed by atoms with E-state index in [0.29, 0.717) is 21.8 Å². The third-order valence-corrected chi connectivity index (χ3v) is 6.75. The number of nitrogens with zero attached hydrogens (tertiary/aromatic N) is 1. The average molecular weight is 279 g/mol. The van der Waals surface area contributed by atoms with Crippen molar-refractivity contribution in [2.24, 2.45) is 22.2 Å². The molecule has 2 unspecified atom stereocenters. The van der Waals surface area contributed by atoms with Crippen molar-refractivity contribution in [2.45, 2.75) is 78.7 Å². The number of hydrogen-bond acceptors (Lipinski definition) is 0. The van der Waals surface area contributed by atoms with Crippen molar-refractivity contribution in [2.75, 3.05) is 20.6 Å². The summed E-state index contributed by atoms with van der Waals surface area (Å²) in [6.45, 7) is 13.7. The quantitative estimate of drug-likeness (QED) is 0.633. The minimum absolute atomic E-state index is 0.425. The first-order chi connectivity index (χ1) is 8.86. The largest absolute Gasteiger partial charge is 0.323 e. The van der Waals surface area contributed by atoms with E-state index < -0.39 is 0 Å². The predicted molar refractivity (Wildman–Crippen MR) is 86.6 cm³/mol. The van der Waals surface area contributed by atoms with E-state index in [0.717, 1.165) is 5.92 Å². The molecule has 20 heavy (non-hydrogen) atoms. The molecule has 1 heteroatoms. The smallest absolute Gasteiger partial charge is 0.100 e. The number of hydrogen-bond donors (Lipinski definition) is 0. The Hall–Kier alpha value is -0.0400. The summed E-state index contributed by atoms with van der Waals surface area (Å²) in [6.07, 6.45) is 8.99. The van der Waals surface area contributed by atoms with Crippen molar-refractivity contribution in [3.8, 4) is 0 Å². The Balaban J connectivity index is 1.96. The number of quaternary nitrogens is 1. The lowest BCUT2D eigenvalue weighted by Gasteiger charge is -2.69. The lowest BCUT2D eigenvalue weighted by atomic mass is 9.42. The molecule has 0 aromatic rings. The zero-order valence-electron chi connectivity index (χ0n) is 15.0. The molecule has 116 valence electrons. The zero-order valence-corrected chi connectivity index (χ0v) is 15.0. The molecule has 0 radical (unpaired) electrons. The van der Waals surface area contributed by atoms with E-state index in [1.807, 2.05) is 0 Å². The summed E-state index contributed by atoms with van der Waals surface area (Å²) in [7, 11) is 5.07. The summed E-state index contributed by atoms with van der Waals surface area (Å²) in [6, 6.07) is 0. The molecule has 1 nitrogen and oxygen atoms in total. The molecule has 4 aliphatic carbocycles. The van der Waals surface area contributed by atoms with Crippen LogP contribution >= 0.6 is 0 Å². The second-order valence-electron chi connectivity index (χ2n) is 11.3. The molecule has 4 saturated carbocycles. The topological polar surface area (TPSA) is 0 Å². The van der Waals surface area contributed by atoms with Crippen LogP contribution in [0, 0.1) is 22.2 Å². The fraction of sp³-hybridized carbons (Fsp3) is 1.00. The van der Waals surface area contributed by atoms with Gasteiger partial charge in [-0.2, -0.15) is 0 Å². The maximum Gasteiger partial charge on any atom is 0.100 e. The van der Waals surface area contributed by atoms with Crippen molar-refractivity contribution in [1.82, 2.24) is 0 Å². The van der Waals surface area contributed by atoms with Gasteiger partial charge in [0.1, 0.15) is 5.54 Å². The van der Waals surface area contributed by atoms with Gasteiger partial charge in [0.15, 0.2) is 0 Å². The molecular formula is C19H36N+. The molecule has 4 bridgehead atoms. The highest BCUT2D eigenvalue weighted by Crippen LogP contribution is 2.68. The molecule has 0 aliphatic heterocycles. The molecule has 0 N–H and O–H groups in total. The van der Waals surface area contributed by atoms with Crippen LogP contribution in [-0.4, -0.2) is 30.7 Å². The summed E-state index contributed by atoms with van der Waals surface area (Å²) < 4.78 is 1.25. The van der Waals surface area contributed by atoms with Crippen LogP contribution in [0.25, 0.3) is 0 Å². The van der Waals surface area contributed by atoms with Crippen LogP contribution in [0.15, 0.2) is 0 Å². The van der Waals surface area contributed by atoms with Gasteiger partial charge in [-0.25, -0.2) is 0 Å². The van der Waals surface area contributed by atoms with Crippen LogP contribution in [-0.2, 0) is 0 Å². The predicted octanol–water partition coefficient (Wildman–Crippen LogP) is 4.86. The Morgan fingerprint density at radius 2 is 1.40 bits per heavy atom. The van der Waals surface area contributed by atoms with Gasteiger partial charge in [-0.15, -0.1) is 0 Å². The average Bonchev–Trinajstić information content (AvgIpc) is 2.05. The molecular weight excluding hydrogens is 242 g/mol. The highest BCUT2D eigenvalue weighted by molar-refractivity contribution is 5.12. The summed E-state index contributed by atoms with van der Waals surface area (Å²) in [4.78, 5) is 0. The minimum Gasteiger partial charge on any atom is -0.323 e. The fourth-order valence-electron chi connectivity index (χ4n) is 7.42. The summed E-state index contributed by atoms with van der Waals surface area (Å²) >= 11 is 0. The van der Waals surface area contributed by atoms with Crippen LogP contribution in [0.5, 0.6) is 0 Å². The van der Waals surface area contributed by atoms with Gasteiger partial charge in [-0.1, -0.05) is 34.6 Å². The minimum atomic E-state index is 0.425. The van der Waals surface area contributed by atoms with E-state index >= 15 is 0 Å². The van der Waals surface area contributed by atoms with Gasteiger partial charge >= 0.3 is 0 Å². The van der Waals surface area contributed by atoms with E-state index in [1.165, 1.54) is 49.6 Å². The molecule has 0 saturated heterocycles. The van der Waals surface area contributed by atoms with Crippen LogP contribution in [0.4, 0.5) is 0 Å². The summed E-state index contributed by atoms with van der Waals surface area (Å²) in [5.41, 5.74) is 2.27. The van der Waals surface area contributed by atoms with Gasteiger partial charge < -0.3 is 4.48 Å². The maximum absolute atomic E-state index is 2.60. The van der Waals surface area contributed by atoms with Gasteiger partial charge in [0.2, 0.25) is 0 Å². The number of rotatable bonds is 2. The standard InChI is InChI=1S/C19H36N/c1-16(2,3)14-20(6,7)19-10-15-8-17(4,12-19)11-18(5,9-15)13-19/h15H,8-14H2,1-7H3/q+1. The Morgan fingerprint density at radius 3 is 1.80 bits per heavy atom. The Morgan fingerprint density at radius 1 is 0.900 bits per heavy atom. The molecule has 0 aromatic heterocycles. The molecule has 4 rings (SSSR count). The first-order valence-electron chi connectivity index (χ1n) is 8.69. The first kappa shape index (κ1) is 14.9. The molecule has 4 aliphatic rings. The van der Waals surface area contributed by atoms with E-state index in [4.69, 9.17) is 0 Å². The van der Waals surface area contributed by atoms with Crippen LogP contribution < -0.4 is 0 Å². The highest BCUT2D eigenvalue weighted by atomic mass is 15.4. The lowest BCUT2D eigenvalue weighted by Crippen LogP contribution is -2.71. The maximum atomic E-state index is 2.60. The van der Waals surface area contributed by atoms with Crippen molar-refractivity contribution in [3.05, 3.63) is 0 Å². The van der Waals surface area contributed by atoms with Gasteiger partial charge in [-0.05, 0) is 36.0 Å². The molecule has 2 atom stereocenters. The van der Waals surface area contributed by atoms with Crippen molar-refractivity contribution in [3.63, 3.8) is 0 Å². The fourth-order valence-corrected chi connectivity index (χ4v) is 7.42. The van der Waals surface area contributed by atoms with E-state index in [2.05, 4.69) is 48.7 Å². The highest BCUT2D eigenvalue weighted by Gasteiger charge is 2.65. The Kier molecular flexibility index (Phi) is 2.85. The summed E-state index contributed by atoms with van der Waals surface area (Å²) in [5.74, 6) is 1.01. The van der Waals surface area contributed by atoms with Gasteiger partial charge in [0, 0.05) is 24.7 Å². The van der Waals surface area contributed by atoms with Crippen molar-refractivity contribution < 1.29 is 4.48 Å².